The van der Waals surface area contributed by atoms with Crippen molar-refractivity contribution in [2.45, 2.75) is 25.5 Å². The van der Waals surface area contributed by atoms with Crippen LogP contribution in [0.2, 0.25) is 0 Å². The van der Waals surface area contributed by atoms with Crippen molar-refractivity contribution in [3.63, 3.8) is 0 Å². The van der Waals surface area contributed by atoms with Crippen molar-refractivity contribution in [3.8, 4) is 16.9 Å². The van der Waals surface area contributed by atoms with E-state index in [0.717, 1.165) is 24.1 Å². The Hall–Kier alpha value is -2.04. The summed E-state index contributed by atoms with van der Waals surface area (Å²) in [5.74, 6) is 0.708. The molecular weight excluding hydrogens is 324 g/mol. The smallest absolute Gasteiger partial charge is 0.263 e. The molecule has 0 spiro atoms. The maximum Gasteiger partial charge on any atom is 0.263 e. The molecule has 4 nitrogen and oxygen atoms in total. The molecule has 0 bridgehead atoms. The minimum atomic E-state index is -0.497. The Labute approximate surface area is 149 Å². The van der Waals surface area contributed by atoms with E-state index in [-0.39, 0.29) is 24.4 Å². The van der Waals surface area contributed by atoms with Crippen LogP contribution in [-0.2, 0) is 4.79 Å². The van der Waals surface area contributed by atoms with Gasteiger partial charge in [0.15, 0.2) is 6.10 Å². The highest BCUT2D eigenvalue weighted by molar-refractivity contribution is 5.85. The van der Waals surface area contributed by atoms with Gasteiger partial charge in [-0.1, -0.05) is 42.5 Å². The van der Waals surface area contributed by atoms with E-state index in [9.17, 15) is 4.79 Å². The fourth-order valence-corrected chi connectivity index (χ4v) is 2.86. The van der Waals surface area contributed by atoms with Crippen LogP contribution >= 0.6 is 12.4 Å². The van der Waals surface area contributed by atoms with Crippen LogP contribution in [0.3, 0.4) is 0 Å². The summed E-state index contributed by atoms with van der Waals surface area (Å²) in [5, 5.41) is 0. The summed E-state index contributed by atoms with van der Waals surface area (Å²) in [4.78, 5) is 14.1. The lowest BCUT2D eigenvalue weighted by Gasteiger charge is -2.21. The number of carbonyl (C=O) groups is 1. The first kappa shape index (κ1) is 18.3. The molecule has 0 aromatic heterocycles. The Kier molecular flexibility index (Phi) is 6.23. The summed E-state index contributed by atoms with van der Waals surface area (Å²) in [7, 11) is 0. The van der Waals surface area contributed by atoms with Crippen LogP contribution in [0.15, 0.2) is 54.6 Å². The third kappa shape index (κ3) is 4.28. The van der Waals surface area contributed by atoms with Crippen LogP contribution in [0.1, 0.15) is 13.3 Å². The van der Waals surface area contributed by atoms with Crippen LogP contribution < -0.4 is 10.5 Å². The summed E-state index contributed by atoms with van der Waals surface area (Å²) in [6.45, 7) is 3.14. The van der Waals surface area contributed by atoms with E-state index in [1.807, 2.05) is 42.5 Å². The zero-order valence-electron chi connectivity index (χ0n) is 13.7. The summed E-state index contributed by atoms with van der Waals surface area (Å²) in [5.41, 5.74) is 8.14. The Morgan fingerprint density at radius 1 is 1.12 bits per heavy atom. The van der Waals surface area contributed by atoms with Crippen LogP contribution in [0.5, 0.6) is 5.75 Å². The second kappa shape index (κ2) is 8.18. The van der Waals surface area contributed by atoms with Gasteiger partial charge < -0.3 is 15.4 Å². The van der Waals surface area contributed by atoms with Gasteiger partial charge >= 0.3 is 0 Å². The molecule has 1 amide bonds. The SMILES string of the molecule is CC(Oc1ccc(-c2ccccc2)cc1)C(=O)N1CC[C@@H](N)C1.Cl. The molecule has 1 heterocycles. The van der Waals surface area contributed by atoms with Crippen molar-refractivity contribution >= 4 is 18.3 Å². The largest absolute Gasteiger partial charge is 0.481 e. The number of carbonyl (C=O) groups excluding carboxylic acids is 1. The second-order valence-electron chi connectivity index (χ2n) is 5.98. The van der Waals surface area contributed by atoms with Gasteiger partial charge in [-0.3, -0.25) is 4.79 Å². The monoisotopic (exact) mass is 346 g/mol. The lowest BCUT2D eigenvalue weighted by Crippen LogP contribution is -2.40. The van der Waals surface area contributed by atoms with Gasteiger partial charge in [0.1, 0.15) is 5.75 Å². The fraction of sp³-hybridized carbons (Fsp3) is 0.316. The van der Waals surface area contributed by atoms with Gasteiger partial charge in [-0.2, -0.15) is 0 Å². The second-order valence-corrected chi connectivity index (χ2v) is 5.98. The molecule has 2 N–H and O–H groups in total. The van der Waals surface area contributed by atoms with Crippen molar-refractivity contribution in [1.82, 2.24) is 4.90 Å². The fourth-order valence-electron chi connectivity index (χ4n) is 2.86. The molecule has 0 saturated carbocycles. The zero-order valence-corrected chi connectivity index (χ0v) is 14.5. The number of likely N-dealkylation sites (tertiary alicyclic amines) is 1. The highest BCUT2D eigenvalue weighted by Crippen LogP contribution is 2.23. The summed E-state index contributed by atoms with van der Waals surface area (Å²) in [6, 6.07) is 18.1. The number of nitrogens with zero attached hydrogens (tertiary/aromatic N) is 1. The molecule has 5 heteroatoms. The van der Waals surface area contributed by atoms with Crippen molar-refractivity contribution in [1.29, 1.82) is 0 Å². The predicted molar refractivity (Wildman–Crippen MR) is 98.4 cm³/mol. The topological polar surface area (TPSA) is 55.6 Å². The Balaban J connectivity index is 0.00000208. The number of hydrogen-bond donors (Lipinski definition) is 1. The molecule has 2 aromatic carbocycles. The number of benzene rings is 2. The molecule has 1 saturated heterocycles. The van der Waals surface area contributed by atoms with E-state index in [2.05, 4.69) is 12.1 Å². The number of halogens is 1. The van der Waals surface area contributed by atoms with Gasteiger partial charge in [-0.25, -0.2) is 0 Å². The highest BCUT2D eigenvalue weighted by atomic mass is 35.5. The molecule has 2 atom stereocenters. The van der Waals surface area contributed by atoms with Gasteiger partial charge in [0.25, 0.3) is 5.91 Å². The minimum absolute atomic E-state index is 0. The van der Waals surface area contributed by atoms with Crippen LogP contribution in [0.4, 0.5) is 0 Å². The molecule has 1 aliphatic heterocycles. The molecule has 128 valence electrons. The number of ether oxygens (including phenoxy) is 1. The molecule has 24 heavy (non-hydrogen) atoms. The van der Waals surface area contributed by atoms with E-state index in [0.29, 0.717) is 12.3 Å². The standard InChI is InChI=1S/C19H22N2O2.ClH/c1-14(19(22)21-12-11-17(20)13-21)23-18-9-7-16(8-10-18)15-5-3-2-4-6-15;/h2-10,14,17H,11-13,20H2,1H3;1H/t14?,17-;/m1./s1. The third-order valence-corrected chi connectivity index (χ3v) is 4.16. The Morgan fingerprint density at radius 2 is 1.75 bits per heavy atom. The first-order chi connectivity index (χ1) is 11.1. The molecule has 1 unspecified atom stereocenters. The summed E-state index contributed by atoms with van der Waals surface area (Å²) < 4.78 is 5.78. The summed E-state index contributed by atoms with van der Waals surface area (Å²) >= 11 is 0. The average molecular weight is 347 g/mol. The molecule has 0 radical (unpaired) electrons. The van der Waals surface area contributed by atoms with E-state index < -0.39 is 6.10 Å². The quantitative estimate of drug-likeness (QED) is 0.925. The summed E-state index contributed by atoms with van der Waals surface area (Å²) in [6.07, 6.45) is 0.368. The highest BCUT2D eigenvalue weighted by Gasteiger charge is 2.28. The van der Waals surface area contributed by atoms with E-state index in [1.54, 1.807) is 11.8 Å². The van der Waals surface area contributed by atoms with Gasteiger partial charge in [0.2, 0.25) is 0 Å². The third-order valence-electron chi connectivity index (χ3n) is 4.16. The van der Waals surface area contributed by atoms with E-state index in [1.165, 1.54) is 0 Å². The van der Waals surface area contributed by atoms with Crippen molar-refractivity contribution in [2.75, 3.05) is 13.1 Å². The van der Waals surface area contributed by atoms with Gasteiger partial charge in [-0.05, 0) is 36.6 Å². The van der Waals surface area contributed by atoms with Crippen molar-refractivity contribution < 1.29 is 9.53 Å². The molecule has 0 aliphatic carbocycles. The molecule has 3 rings (SSSR count). The first-order valence-corrected chi connectivity index (χ1v) is 8.00. The van der Waals surface area contributed by atoms with E-state index >= 15 is 0 Å². The number of hydrogen-bond acceptors (Lipinski definition) is 3. The predicted octanol–water partition coefficient (Wildman–Crippen LogP) is 3.10. The molecule has 1 aliphatic rings. The molecular formula is C19H23ClN2O2. The Morgan fingerprint density at radius 3 is 2.33 bits per heavy atom. The average Bonchev–Trinajstić information content (AvgIpc) is 3.02. The van der Waals surface area contributed by atoms with Gasteiger partial charge in [0.05, 0.1) is 0 Å². The first-order valence-electron chi connectivity index (χ1n) is 8.00. The number of amides is 1. The zero-order chi connectivity index (χ0) is 16.2. The van der Waals surface area contributed by atoms with E-state index in [4.69, 9.17) is 10.5 Å². The van der Waals surface area contributed by atoms with Crippen LogP contribution in [-0.4, -0.2) is 36.0 Å². The van der Waals surface area contributed by atoms with Crippen molar-refractivity contribution in [2.24, 2.45) is 5.73 Å². The number of rotatable bonds is 4. The van der Waals surface area contributed by atoms with Crippen LogP contribution in [0.25, 0.3) is 11.1 Å². The van der Waals surface area contributed by atoms with Crippen molar-refractivity contribution in [3.05, 3.63) is 54.6 Å². The Bertz CT molecular complexity index is 661. The lowest BCUT2D eigenvalue weighted by atomic mass is 10.1. The normalized spacial score (nSPS) is 17.9. The molecule has 1 fully saturated rings. The van der Waals surface area contributed by atoms with Gasteiger partial charge in [-0.15, -0.1) is 12.4 Å². The van der Waals surface area contributed by atoms with Gasteiger partial charge in [0, 0.05) is 19.1 Å². The maximum absolute atomic E-state index is 12.3. The van der Waals surface area contributed by atoms with Crippen LogP contribution in [0, 0.1) is 0 Å². The maximum atomic E-state index is 12.3. The lowest BCUT2D eigenvalue weighted by molar-refractivity contribution is -0.136. The number of nitrogens with two attached hydrogens (primary N) is 1. The molecule has 2 aromatic rings. The minimum Gasteiger partial charge on any atom is -0.481 e.